The van der Waals surface area contributed by atoms with E-state index in [1.807, 2.05) is 0 Å². The van der Waals surface area contributed by atoms with Gasteiger partial charge in [0.25, 0.3) is 0 Å². The van der Waals surface area contributed by atoms with Crippen LogP contribution in [0.5, 0.6) is 0 Å². The number of amides is 1. The third-order valence-corrected chi connectivity index (χ3v) is 5.32. The second kappa shape index (κ2) is 6.51. The highest BCUT2D eigenvalue weighted by molar-refractivity contribution is 7.16. The zero-order valence-electron chi connectivity index (χ0n) is 12.9. The van der Waals surface area contributed by atoms with Crippen molar-refractivity contribution in [2.24, 2.45) is 5.92 Å². The summed E-state index contributed by atoms with van der Waals surface area (Å²) < 4.78 is 12.9. The molecule has 1 aromatic carbocycles. The van der Waals surface area contributed by atoms with Gasteiger partial charge in [-0.1, -0.05) is 19.1 Å². The first-order valence-electron chi connectivity index (χ1n) is 7.65. The van der Waals surface area contributed by atoms with Crippen LogP contribution in [-0.2, 0) is 24.1 Å². The molecule has 0 fully saturated rings. The maximum Gasteiger partial charge on any atom is 0.229 e. The van der Waals surface area contributed by atoms with Crippen molar-refractivity contribution in [1.29, 1.82) is 5.26 Å². The Kier molecular flexibility index (Phi) is 4.44. The van der Waals surface area contributed by atoms with E-state index in [-0.39, 0.29) is 18.1 Å². The fraction of sp³-hybridized carbons (Fsp3) is 0.333. The molecule has 0 radical (unpaired) electrons. The Balaban J connectivity index is 1.76. The van der Waals surface area contributed by atoms with E-state index in [1.54, 1.807) is 12.1 Å². The van der Waals surface area contributed by atoms with Crippen LogP contribution < -0.4 is 5.32 Å². The Labute approximate surface area is 138 Å². The van der Waals surface area contributed by atoms with E-state index in [4.69, 9.17) is 0 Å². The Morgan fingerprint density at radius 2 is 2.17 bits per heavy atom. The maximum atomic E-state index is 12.9. The minimum atomic E-state index is -0.319. The van der Waals surface area contributed by atoms with Gasteiger partial charge in [-0.2, -0.15) is 5.26 Å². The lowest BCUT2D eigenvalue weighted by Gasteiger charge is -2.17. The number of halogens is 1. The lowest BCUT2D eigenvalue weighted by atomic mass is 9.88. The summed E-state index contributed by atoms with van der Waals surface area (Å²) in [6, 6.07) is 8.12. The van der Waals surface area contributed by atoms with E-state index in [0.717, 1.165) is 30.4 Å². The topological polar surface area (TPSA) is 52.9 Å². The number of carbonyl (C=O) groups is 1. The van der Waals surface area contributed by atoms with Gasteiger partial charge in [0.15, 0.2) is 0 Å². The van der Waals surface area contributed by atoms with Crippen molar-refractivity contribution in [3.63, 3.8) is 0 Å². The summed E-state index contributed by atoms with van der Waals surface area (Å²) in [6.07, 6.45) is 3.14. The van der Waals surface area contributed by atoms with Gasteiger partial charge in [-0.3, -0.25) is 4.79 Å². The Bertz CT molecular complexity index is 774. The molecule has 2 aromatic rings. The summed E-state index contributed by atoms with van der Waals surface area (Å²) in [5.74, 6) is 0.121. The Morgan fingerprint density at radius 3 is 2.87 bits per heavy atom. The second-order valence-corrected chi connectivity index (χ2v) is 7.12. The molecule has 3 rings (SSSR count). The van der Waals surface area contributed by atoms with E-state index < -0.39 is 0 Å². The lowest BCUT2D eigenvalue weighted by molar-refractivity contribution is -0.115. The molecule has 3 nitrogen and oxygen atoms in total. The van der Waals surface area contributed by atoms with Crippen LogP contribution in [0.2, 0.25) is 0 Å². The number of nitrogens with zero attached hydrogens (tertiary/aromatic N) is 1. The van der Waals surface area contributed by atoms with Crippen LogP contribution in [0.1, 0.15) is 34.9 Å². The number of benzene rings is 1. The number of fused-ring (bicyclic) bond motifs is 1. The molecule has 1 unspecified atom stereocenters. The van der Waals surface area contributed by atoms with E-state index in [9.17, 15) is 14.4 Å². The van der Waals surface area contributed by atoms with E-state index in [1.165, 1.54) is 28.3 Å². The van der Waals surface area contributed by atoms with Crippen molar-refractivity contribution in [1.82, 2.24) is 0 Å². The highest BCUT2D eigenvalue weighted by Crippen LogP contribution is 2.39. The largest absolute Gasteiger partial charge is 0.316 e. The molecule has 0 saturated heterocycles. The number of thiophene rings is 1. The zero-order valence-corrected chi connectivity index (χ0v) is 13.7. The summed E-state index contributed by atoms with van der Waals surface area (Å²) in [6.45, 7) is 2.21. The predicted octanol–water partition coefficient (Wildman–Crippen LogP) is 4.06. The predicted molar refractivity (Wildman–Crippen MR) is 89.0 cm³/mol. The molecule has 0 spiro atoms. The summed E-state index contributed by atoms with van der Waals surface area (Å²) in [5, 5.41) is 12.9. The van der Waals surface area contributed by atoms with Gasteiger partial charge in [-0.15, -0.1) is 11.3 Å². The van der Waals surface area contributed by atoms with Crippen LogP contribution in [0.15, 0.2) is 24.3 Å². The van der Waals surface area contributed by atoms with Gasteiger partial charge in [-0.05, 0) is 48.4 Å². The molecular formula is C18H17FN2OS. The molecular weight excluding hydrogens is 311 g/mol. The molecule has 1 N–H and O–H groups in total. The third-order valence-electron chi connectivity index (χ3n) is 4.15. The van der Waals surface area contributed by atoms with E-state index in [0.29, 0.717) is 16.5 Å². The van der Waals surface area contributed by atoms with Crippen molar-refractivity contribution in [3.8, 4) is 6.07 Å². The van der Waals surface area contributed by atoms with Gasteiger partial charge in [0, 0.05) is 4.88 Å². The fourth-order valence-electron chi connectivity index (χ4n) is 2.92. The molecule has 118 valence electrons. The molecule has 1 heterocycles. The van der Waals surface area contributed by atoms with Gasteiger partial charge in [0.05, 0.1) is 12.0 Å². The average molecular weight is 328 g/mol. The normalized spacial score (nSPS) is 16.5. The average Bonchev–Trinajstić information content (AvgIpc) is 2.85. The number of nitrogens with one attached hydrogen (secondary N) is 1. The molecule has 0 saturated carbocycles. The van der Waals surface area contributed by atoms with E-state index in [2.05, 4.69) is 18.3 Å². The van der Waals surface area contributed by atoms with Crippen LogP contribution in [-0.4, -0.2) is 5.91 Å². The number of nitriles is 1. The third kappa shape index (κ3) is 3.43. The standard InChI is InChI=1S/C18H17FN2OS/c1-11-2-7-14-15(10-20)18(23-16(14)8-11)21-17(22)9-12-3-5-13(19)6-4-12/h3-6,11H,2,7-9H2,1H3,(H,21,22). The van der Waals surface area contributed by atoms with Crippen LogP contribution >= 0.6 is 11.3 Å². The lowest BCUT2D eigenvalue weighted by Crippen LogP contribution is -2.14. The number of hydrogen-bond donors (Lipinski definition) is 1. The van der Waals surface area contributed by atoms with Crippen molar-refractivity contribution in [2.75, 3.05) is 5.32 Å². The summed E-state index contributed by atoms with van der Waals surface area (Å²) in [7, 11) is 0. The van der Waals surface area contributed by atoms with Gasteiger partial charge < -0.3 is 5.32 Å². The summed E-state index contributed by atoms with van der Waals surface area (Å²) >= 11 is 1.52. The smallest absolute Gasteiger partial charge is 0.229 e. The van der Waals surface area contributed by atoms with Crippen LogP contribution in [0, 0.1) is 23.1 Å². The maximum absolute atomic E-state index is 12.9. The minimum Gasteiger partial charge on any atom is -0.316 e. The molecule has 5 heteroatoms. The van der Waals surface area contributed by atoms with Crippen molar-refractivity contribution in [2.45, 2.75) is 32.6 Å². The molecule has 1 amide bonds. The molecule has 0 bridgehead atoms. The number of carbonyl (C=O) groups excluding carboxylic acids is 1. The second-order valence-electron chi connectivity index (χ2n) is 6.02. The first-order chi connectivity index (χ1) is 11.1. The zero-order chi connectivity index (χ0) is 16.4. The van der Waals surface area contributed by atoms with Crippen LogP contribution in [0.3, 0.4) is 0 Å². The SMILES string of the molecule is CC1CCc2c(sc(NC(=O)Cc3ccc(F)cc3)c2C#N)C1. The highest BCUT2D eigenvalue weighted by atomic mass is 32.1. The number of hydrogen-bond acceptors (Lipinski definition) is 3. The quantitative estimate of drug-likeness (QED) is 0.923. The van der Waals surface area contributed by atoms with Gasteiger partial charge in [0.2, 0.25) is 5.91 Å². The van der Waals surface area contributed by atoms with Crippen LogP contribution in [0.4, 0.5) is 9.39 Å². The molecule has 23 heavy (non-hydrogen) atoms. The monoisotopic (exact) mass is 328 g/mol. The number of anilines is 1. The Hall–Kier alpha value is -2.19. The van der Waals surface area contributed by atoms with Gasteiger partial charge in [0.1, 0.15) is 16.9 Å². The molecule has 0 aliphatic heterocycles. The summed E-state index contributed by atoms with van der Waals surface area (Å²) in [5.41, 5.74) is 2.47. The minimum absolute atomic E-state index is 0.171. The van der Waals surface area contributed by atoms with E-state index >= 15 is 0 Å². The van der Waals surface area contributed by atoms with Crippen LogP contribution in [0.25, 0.3) is 0 Å². The first-order valence-corrected chi connectivity index (χ1v) is 8.47. The number of rotatable bonds is 3. The van der Waals surface area contributed by atoms with Crippen molar-refractivity contribution >= 4 is 22.2 Å². The van der Waals surface area contributed by atoms with Gasteiger partial charge >= 0.3 is 0 Å². The Morgan fingerprint density at radius 1 is 1.43 bits per heavy atom. The molecule has 1 aromatic heterocycles. The summed E-state index contributed by atoms with van der Waals surface area (Å²) in [4.78, 5) is 13.4. The molecule has 1 aliphatic carbocycles. The van der Waals surface area contributed by atoms with Crippen molar-refractivity contribution < 1.29 is 9.18 Å². The van der Waals surface area contributed by atoms with Crippen molar-refractivity contribution in [3.05, 3.63) is 51.7 Å². The fourth-order valence-corrected chi connectivity index (χ4v) is 4.29. The van der Waals surface area contributed by atoms with Gasteiger partial charge in [-0.25, -0.2) is 4.39 Å². The molecule has 1 atom stereocenters. The molecule has 1 aliphatic rings. The highest BCUT2D eigenvalue weighted by Gasteiger charge is 2.24. The first kappa shape index (κ1) is 15.7.